The Morgan fingerprint density at radius 1 is 0.971 bits per heavy atom. The van der Waals surface area contributed by atoms with Crippen molar-refractivity contribution in [1.29, 1.82) is 0 Å². The number of aromatic nitrogens is 4. The second kappa shape index (κ2) is 10.0. The molecule has 0 unspecified atom stereocenters. The molecule has 8 heteroatoms. The fourth-order valence-electron chi connectivity index (χ4n) is 4.08. The monoisotopic (exact) mass is 477 g/mol. The maximum atomic E-state index is 13.4. The lowest BCUT2D eigenvalue weighted by Crippen LogP contribution is -2.38. The van der Waals surface area contributed by atoms with E-state index >= 15 is 0 Å². The van der Waals surface area contributed by atoms with E-state index in [0.29, 0.717) is 28.2 Å². The van der Waals surface area contributed by atoms with Crippen molar-refractivity contribution < 1.29 is 4.79 Å². The molecule has 178 valence electrons. The zero-order valence-corrected chi connectivity index (χ0v) is 21.2. The quantitative estimate of drug-likeness (QED) is 0.348. The number of carbonyl (C=O) groups is 1. The SMILES string of the molecule is Cc1ccc(-n2c(=O)c3ccccc3n3c(SCC(=O)N(CC(C)C)CC(C)C)nnc23)cc1. The minimum atomic E-state index is -0.146. The van der Waals surface area contributed by atoms with Crippen molar-refractivity contribution in [3.63, 3.8) is 0 Å². The van der Waals surface area contributed by atoms with Crippen molar-refractivity contribution >= 4 is 34.3 Å². The number of benzene rings is 2. The number of hydrogen-bond donors (Lipinski definition) is 0. The fourth-order valence-corrected chi connectivity index (χ4v) is 4.92. The third-order valence-electron chi connectivity index (χ3n) is 5.54. The van der Waals surface area contributed by atoms with Crippen LogP contribution in [-0.4, -0.2) is 48.8 Å². The largest absolute Gasteiger partial charge is 0.341 e. The third kappa shape index (κ3) is 4.87. The molecule has 4 aromatic rings. The van der Waals surface area contributed by atoms with Gasteiger partial charge in [0.1, 0.15) is 0 Å². The summed E-state index contributed by atoms with van der Waals surface area (Å²) in [7, 11) is 0. The Morgan fingerprint density at radius 2 is 1.62 bits per heavy atom. The number of para-hydroxylation sites is 1. The molecule has 2 aromatic heterocycles. The van der Waals surface area contributed by atoms with Crippen LogP contribution in [0.5, 0.6) is 0 Å². The molecule has 0 aliphatic heterocycles. The molecule has 0 bridgehead atoms. The summed E-state index contributed by atoms with van der Waals surface area (Å²) >= 11 is 1.36. The van der Waals surface area contributed by atoms with Crippen LogP contribution in [0, 0.1) is 18.8 Å². The van der Waals surface area contributed by atoms with E-state index in [1.807, 2.05) is 64.8 Å². The van der Waals surface area contributed by atoms with Gasteiger partial charge in [-0.2, -0.15) is 0 Å². The Morgan fingerprint density at radius 3 is 2.26 bits per heavy atom. The molecule has 1 amide bonds. The van der Waals surface area contributed by atoms with Crippen LogP contribution in [0.1, 0.15) is 33.3 Å². The predicted octanol–water partition coefficient (Wildman–Crippen LogP) is 4.57. The van der Waals surface area contributed by atoms with Gasteiger partial charge in [0.15, 0.2) is 5.16 Å². The van der Waals surface area contributed by atoms with Crippen LogP contribution in [0.4, 0.5) is 0 Å². The van der Waals surface area contributed by atoms with Crippen molar-refractivity contribution in [2.24, 2.45) is 11.8 Å². The topological polar surface area (TPSA) is 72.5 Å². The van der Waals surface area contributed by atoms with E-state index in [2.05, 4.69) is 37.9 Å². The number of hydrogen-bond acceptors (Lipinski definition) is 5. The summed E-state index contributed by atoms with van der Waals surface area (Å²) in [6, 6.07) is 15.2. The summed E-state index contributed by atoms with van der Waals surface area (Å²) < 4.78 is 3.47. The highest BCUT2D eigenvalue weighted by atomic mass is 32.2. The Bertz CT molecular complexity index is 1360. The van der Waals surface area contributed by atoms with Gasteiger partial charge in [-0.15, -0.1) is 10.2 Å². The first-order valence-electron chi connectivity index (χ1n) is 11.6. The molecule has 4 rings (SSSR count). The highest BCUT2D eigenvalue weighted by molar-refractivity contribution is 7.99. The molecule has 0 aliphatic carbocycles. The highest BCUT2D eigenvalue weighted by Crippen LogP contribution is 2.24. The van der Waals surface area contributed by atoms with E-state index in [9.17, 15) is 9.59 Å². The smallest absolute Gasteiger partial charge is 0.267 e. The van der Waals surface area contributed by atoms with Crippen LogP contribution in [0.25, 0.3) is 22.4 Å². The lowest BCUT2D eigenvalue weighted by Gasteiger charge is -2.26. The Balaban J connectivity index is 1.76. The van der Waals surface area contributed by atoms with Gasteiger partial charge >= 0.3 is 0 Å². The van der Waals surface area contributed by atoms with Gasteiger partial charge in [-0.25, -0.2) is 4.57 Å². The number of thioether (sulfide) groups is 1. The van der Waals surface area contributed by atoms with Gasteiger partial charge in [0.2, 0.25) is 11.7 Å². The van der Waals surface area contributed by atoms with Gasteiger partial charge in [-0.05, 0) is 43.0 Å². The van der Waals surface area contributed by atoms with Gasteiger partial charge in [-0.1, -0.05) is 69.3 Å². The fraction of sp³-hybridized carbons (Fsp3) is 0.385. The van der Waals surface area contributed by atoms with E-state index in [1.165, 1.54) is 11.8 Å². The van der Waals surface area contributed by atoms with Gasteiger partial charge < -0.3 is 4.90 Å². The van der Waals surface area contributed by atoms with E-state index in [4.69, 9.17) is 0 Å². The Labute approximate surface area is 203 Å². The second-order valence-electron chi connectivity index (χ2n) is 9.49. The normalized spacial score (nSPS) is 11.7. The molecule has 0 aliphatic rings. The molecule has 0 saturated carbocycles. The van der Waals surface area contributed by atoms with Crippen LogP contribution >= 0.6 is 11.8 Å². The molecule has 34 heavy (non-hydrogen) atoms. The summed E-state index contributed by atoms with van der Waals surface area (Å²) in [6.45, 7) is 12.0. The minimum Gasteiger partial charge on any atom is -0.341 e. The molecule has 0 N–H and O–H groups in total. The summed E-state index contributed by atoms with van der Waals surface area (Å²) in [5.41, 5.74) is 2.42. The first kappa shape index (κ1) is 24.0. The number of carbonyl (C=O) groups excluding carboxylic acids is 1. The van der Waals surface area contributed by atoms with Crippen LogP contribution in [-0.2, 0) is 4.79 Å². The Kier molecular flexibility index (Phi) is 7.07. The maximum absolute atomic E-state index is 13.4. The second-order valence-corrected chi connectivity index (χ2v) is 10.4. The molecule has 0 atom stereocenters. The number of aryl methyl sites for hydroxylation is 1. The third-order valence-corrected chi connectivity index (χ3v) is 6.45. The van der Waals surface area contributed by atoms with E-state index < -0.39 is 0 Å². The molecular weight excluding hydrogens is 446 g/mol. The van der Waals surface area contributed by atoms with Crippen molar-refractivity contribution in [3.8, 4) is 5.69 Å². The van der Waals surface area contributed by atoms with Crippen molar-refractivity contribution in [3.05, 3.63) is 64.4 Å². The highest BCUT2D eigenvalue weighted by Gasteiger charge is 2.21. The van der Waals surface area contributed by atoms with E-state index in [1.54, 1.807) is 4.57 Å². The summed E-state index contributed by atoms with van der Waals surface area (Å²) in [6.07, 6.45) is 0. The van der Waals surface area contributed by atoms with Crippen molar-refractivity contribution in [2.75, 3.05) is 18.8 Å². The molecule has 0 fully saturated rings. The zero-order valence-electron chi connectivity index (χ0n) is 20.4. The van der Waals surface area contributed by atoms with E-state index in [0.717, 1.165) is 29.9 Å². The molecule has 7 nitrogen and oxygen atoms in total. The summed E-state index contributed by atoms with van der Waals surface area (Å²) in [5, 5.41) is 9.93. The molecule has 0 spiro atoms. The number of nitrogens with zero attached hydrogens (tertiary/aromatic N) is 5. The van der Waals surface area contributed by atoms with Gasteiger partial charge in [0, 0.05) is 13.1 Å². The van der Waals surface area contributed by atoms with Crippen molar-refractivity contribution in [1.82, 2.24) is 24.1 Å². The van der Waals surface area contributed by atoms with Crippen molar-refractivity contribution in [2.45, 2.75) is 39.8 Å². The Hall–Kier alpha value is -3.13. The lowest BCUT2D eigenvalue weighted by atomic mass is 10.1. The zero-order chi connectivity index (χ0) is 24.4. The van der Waals surface area contributed by atoms with Crippen LogP contribution in [0.3, 0.4) is 0 Å². The maximum Gasteiger partial charge on any atom is 0.267 e. The van der Waals surface area contributed by atoms with Gasteiger partial charge in [-0.3, -0.25) is 14.0 Å². The van der Waals surface area contributed by atoms with E-state index in [-0.39, 0.29) is 17.2 Å². The number of fused-ring (bicyclic) bond motifs is 3. The van der Waals surface area contributed by atoms with Gasteiger partial charge in [0.05, 0.1) is 22.3 Å². The number of rotatable bonds is 8. The predicted molar refractivity (Wildman–Crippen MR) is 138 cm³/mol. The van der Waals surface area contributed by atoms with Crippen LogP contribution in [0.2, 0.25) is 0 Å². The molecule has 2 aromatic carbocycles. The first-order chi connectivity index (χ1) is 16.3. The average molecular weight is 478 g/mol. The molecule has 0 radical (unpaired) electrons. The number of amides is 1. The first-order valence-corrected chi connectivity index (χ1v) is 12.6. The van der Waals surface area contributed by atoms with Crippen LogP contribution in [0.15, 0.2) is 58.5 Å². The van der Waals surface area contributed by atoms with Crippen LogP contribution < -0.4 is 5.56 Å². The molecule has 0 saturated heterocycles. The summed E-state index contributed by atoms with van der Waals surface area (Å²) in [5.74, 6) is 1.58. The lowest BCUT2D eigenvalue weighted by molar-refractivity contribution is -0.129. The summed E-state index contributed by atoms with van der Waals surface area (Å²) in [4.78, 5) is 28.4. The minimum absolute atomic E-state index is 0.0836. The molecule has 2 heterocycles. The average Bonchev–Trinajstić information content (AvgIpc) is 3.21. The van der Waals surface area contributed by atoms with Gasteiger partial charge in [0.25, 0.3) is 5.56 Å². The standard InChI is InChI=1S/C26H31N5O2S/c1-17(2)14-29(15-18(3)4)23(32)16-34-26-28-27-25-30(20-12-10-19(5)11-13-20)24(33)21-8-6-7-9-22(21)31(25)26/h6-13,17-18H,14-16H2,1-5H3. The molecular formula is C26H31N5O2S.